The van der Waals surface area contributed by atoms with Gasteiger partial charge in [-0.3, -0.25) is 14.5 Å². The highest BCUT2D eigenvalue weighted by Gasteiger charge is 2.39. The maximum atomic E-state index is 12.7. The Morgan fingerprint density at radius 1 is 1.10 bits per heavy atom. The maximum absolute atomic E-state index is 12.7. The second-order valence-corrected chi connectivity index (χ2v) is 7.39. The summed E-state index contributed by atoms with van der Waals surface area (Å²) in [4.78, 5) is 29.1. The predicted molar refractivity (Wildman–Crippen MR) is 120 cm³/mol. The van der Waals surface area contributed by atoms with Crippen molar-refractivity contribution in [1.82, 2.24) is 15.1 Å². The molecule has 1 aromatic carbocycles. The van der Waals surface area contributed by atoms with Crippen LogP contribution in [0.3, 0.4) is 0 Å². The molecule has 3 rings (SSSR count). The molecule has 2 aliphatic rings. The molecule has 170 valence electrons. The van der Waals surface area contributed by atoms with Crippen molar-refractivity contribution >= 4 is 36.6 Å². The Kier molecular flexibility index (Phi) is 10.9. The minimum Gasteiger partial charge on any atom is -0.497 e. The van der Waals surface area contributed by atoms with E-state index in [1.807, 2.05) is 4.90 Å². The van der Waals surface area contributed by atoms with Crippen LogP contribution in [-0.2, 0) is 9.53 Å². The van der Waals surface area contributed by atoms with Gasteiger partial charge in [-0.2, -0.15) is 0 Å². The molecule has 2 saturated heterocycles. The molecule has 10 heteroatoms. The summed E-state index contributed by atoms with van der Waals surface area (Å²) < 4.78 is 10.4. The number of benzene rings is 1. The average Bonchev–Trinajstić information content (AvgIpc) is 2.74. The molecule has 0 unspecified atom stereocenters. The number of carbonyl (C=O) groups excluding carboxylic acids is 2. The smallest absolute Gasteiger partial charge is 0.251 e. The Morgan fingerprint density at radius 2 is 1.70 bits per heavy atom. The zero-order chi connectivity index (χ0) is 20.0. The fourth-order valence-electron chi connectivity index (χ4n) is 3.61. The van der Waals surface area contributed by atoms with Crippen molar-refractivity contribution in [3.8, 4) is 5.75 Å². The Bertz CT molecular complexity index is 676. The molecule has 1 aromatic rings. The lowest BCUT2D eigenvalue weighted by molar-refractivity contribution is -0.142. The van der Waals surface area contributed by atoms with E-state index in [2.05, 4.69) is 10.2 Å². The Morgan fingerprint density at radius 3 is 2.27 bits per heavy atom. The lowest BCUT2D eigenvalue weighted by atomic mass is 9.89. The van der Waals surface area contributed by atoms with Crippen molar-refractivity contribution in [3.05, 3.63) is 29.8 Å². The number of hydrogen-bond acceptors (Lipinski definition) is 6. The molecule has 0 aliphatic carbocycles. The number of carbonyl (C=O) groups is 2. The van der Waals surface area contributed by atoms with Crippen LogP contribution >= 0.6 is 24.8 Å². The molecule has 2 amide bonds. The van der Waals surface area contributed by atoms with Crippen LogP contribution in [0.5, 0.6) is 5.75 Å². The first-order valence-corrected chi connectivity index (χ1v) is 9.82. The summed E-state index contributed by atoms with van der Waals surface area (Å²) in [6.45, 7) is 5.35. The van der Waals surface area contributed by atoms with Gasteiger partial charge in [0.2, 0.25) is 5.91 Å². The van der Waals surface area contributed by atoms with E-state index >= 15 is 0 Å². The first-order valence-electron chi connectivity index (χ1n) is 9.82. The van der Waals surface area contributed by atoms with E-state index < -0.39 is 5.54 Å². The van der Waals surface area contributed by atoms with Crippen molar-refractivity contribution in [2.45, 2.75) is 18.4 Å². The van der Waals surface area contributed by atoms with Crippen molar-refractivity contribution in [2.24, 2.45) is 5.73 Å². The van der Waals surface area contributed by atoms with Crippen molar-refractivity contribution in [2.75, 3.05) is 59.6 Å². The fraction of sp³-hybridized carbons (Fsp3) is 0.600. The molecule has 3 N–H and O–H groups in total. The van der Waals surface area contributed by atoms with Gasteiger partial charge >= 0.3 is 0 Å². The summed E-state index contributed by atoms with van der Waals surface area (Å²) in [5.74, 6) is 0.674. The van der Waals surface area contributed by atoms with E-state index in [9.17, 15) is 9.59 Å². The van der Waals surface area contributed by atoms with Gasteiger partial charge in [0.25, 0.3) is 5.91 Å². The van der Waals surface area contributed by atoms with E-state index in [4.69, 9.17) is 15.2 Å². The molecular weight excluding hydrogens is 431 g/mol. The Hall–Kier alpha value is -1.58. The topological polar surface area (TPSA) is 97.1 Å². The molecular formula is C20H32Cl2N4O4. The van der Waals surface area contributed by atoms with Crippen LogP contribution < -0.4 is 15.8 Å². The molecule has 0 radical (unpaired) electrons. The molecule has 2 fully saturated rings. The fourth-order valence-corrected chi connectivity index (χ4v) is 3.61. The number of nitrogens with zero attached hydrogens (tertiary/aromatic N) is 2. The molecule has 30 heavy (non-hydrogen) atoms. The zero-order valence-electron chi connectivity index (χ0n) is 17.3. The van der Waals surface area contributed by atoms with Gasteiger partial charge in [0, 0.05) is 58.0 Å². The van der Waals surface area contributed by atoms with Crippen molar-refractivity contribution in [1.29, 1.82) is 0 Å². The number of nitrogens with two attached hydrogens (primary N) is 1. The summed E-state index contributed by atoms with van der Waals surface area (Å²) in [5.41, 5.74) is 6.16. The monoisotopic (exact) mass is 462 g/mol. The second-order valence-electron chi connectivity index (χ2n) is 7.39. The van der Waals surface area contributed by atoms with Gasteiger partial charge < -0.3 is 25.4 Å². The summed E-state index contributed by atoms with van der Waals surface area (Å²) >= 11 is 0. The van der Waals surface area contributed by atoms with Crippen LogP contribution in [0.1, 0.15) is 23.2 Å². The number of ether oxygens (including phenoxy) is 2. The lowest BCUT2D eigenvalue weighted by Gasteiger charge is -2.40. The zero-order valence-corrected chi connectivity index (χ0v) is 18.9. The first-order chi connectivity index (χ1) is 13.5. The quantitative estimate of drug-likeness (QED) is 0.652. The minimum absolute atomic E-state index is 0. The lowest BCUT2D eigenvalue weighted by Crippen LogP contribution is -2.61. The Labute approximate surface area is 190 Å². The SMILES string of the molecule is COc1ccc(C(=O)NCCN2CCN(C(=O)C3(N)CCOCC3)CC2)cc1.Cl.Cl. The molecule has 0 bridgehead atoms. The highest BCUT2D eigenvalue weighted by Crippen LogP contribution is 2.21. The van der Waals surface area contributed by atoms with E-state index in [0.717, 1.165) is 25.4 Å². The van der Waals surface area contributed by atoms with Crippen LogP contribution in [-0.4, -0.2) is 86.7 Å². The summed E-state index contributed by atoms with van der Waals surface area (Å²) in [5, 5.41) is 2.94. The van der Waals surface area contributed by atoms with Gasteiger partial charge in [-0.25, -0.2) is 0 Å². The molecule has 0 aromatic heterocycles. The minimum atomic E-state index is -0.771. The van der Waals surface area contributed by atoms with E-state index in [1.165, 1.54) is 0 Å². The standard InChI is InChI=1S/C20H30N4O4.2ClH/c1-27-17-4-2-16(3-5-17)18(25)22-8-9-23-10-12-24(13-11-23)19(26)20(21)6-14-28-15-7-20;;/h2-5H,6-15,21H2,1H3,(H,22,25);2*1H. The highest BCUT2D eigenvalue weighted by atomic mass is 35.5. The summed E-state index contributed by atoms with van der Waals surface area (Å²) in [6, 6.07) is 7.04. The van der Waals surface area contributed by atoms with Crippen LogP contribution in [0.4, 0.5) is 0 Å². The third kappa shape index (κ3) is 6.72. The number of piperazine rings is 1. The van der Waals surface area contributed by atoms with Crippen molar-refractivity contribution < 1.29 is 19.1 Å². The first kappa shape index (κ1) is 26.5. The third-order valence-corrected chi connectivity index (χ3v) is 5.54. The summed E-state index contributed by atoms with van der Waals surface area (Å²) in [7, 11) is 1.60. The van der Waals surface area contributed by atoms with E-state index in [-0.39, 0.29) is 36.6 Å². The largest absolute Gasteiger partial charge is 0.497 e. The van der Waals surface area contributed by atoms with Crippen LogP contribution in [0.2, 0.25) is 0 Å². The molecule has 2 heterocycles. The number of amides is 2. The van der Waals surface area contributed by atoms with Gasteiger partial charge in [-0.05, 0) is 37.1 Å². The Balaban J connectivity index is 0.00000225. The van der Waals surface area contributed by atoms with Gasteiger partial charge in [0.1, 0.15) is 5.75 Å². The molecule has 0 saturated carbocycles. The summed E-state index contributed by atoms with van der Waals surface area (Å²) in [6.07, 6.45) is 1.17. The van der Waals surface area contributed by atoms with Gasteiger partial charge in [0.05, 0.1) is 12.6 Å². The number of methoxy groups -OCH3 is 1. The van der Waals surface area contributed by atoms with Crippen molar-refractivity contribution in [3.63, 3.8) is 0 Å². The van der Waals surface area contributed by atoms with Crippen LogP contribution in [0, 0.1) is 0 Å². The highest BCUT2D eigenvalue weighted by molar-refractivity contribution is 5.94. The predicted octanol–water partition coefficient (Wildman–Crippen LogP) is 0.921. The van der Waals surface area contributed by atoms with E-state index in [0.29, 0.717) is 51.3 Å². The maximum Gasteiger partial charge on any atom is 0.251 e. The van der Waals surface area contributed by atoms with Crippen LogP contribution in [0.25, 0.3) is 0 Å². The average molecular weight is 463 g/mol. The molecule has 0 atom stereocenters. The number of hydrogen-bond donors (Lipinski definition) is 2. The molecule has 0 spiro atoms. The number of halogens is 2. The van der Waals surface area contributed by atoms with E-state index in [1.54, 1.807) is 31.4 Å². The number of nitrogens with one attached hydrogen (secondary N) is 1. The molecule has 8 nitrogen and oxygen atoms in total. The number of rotatable bonds is 6. The normalized spacial score (nSPS) is 18.5. The van der Waals surface area contributed by atoms with Crippen LogP contribution in [0.15, 0.2) is 24.3 Å². The van der Waals surface area contributed by atoms with Gasteiger partial charge in [0.15, 0.2) is 0 Å². The molecule has 2 aliphatic heterocycles. The second kappa shape index (κ2) is 12.3. The third-order valence-electron chi connectivity index (χ3n) is 5.54. The van der Waals surface area contributed by atoms with Gasteiger partial charge in [-0.15, -0.1) is 24.8 Å². The van der Waals surface area contributed by atoms with Gasteiger partial charge in [-0.1, -0.05) is 0 Å².